The molecule has 1 aromatic carbocycles. The molecule has 0 heterocycles. The van der Waals surface area contributed by atoms with Crippen LogP contribution < -0.4 is 5.32 Å². The average Bonchev–Trinajstić information content (AvgIpc) is 2.46. The molecule has 0 saturated heterocycles. The zero-order valence-electron chi connectivity index (χ0n) is 13.0. The molecule has 0 bridgehead atoms. The standard InChI is InChI=1S/C15H25ClN2O2S/c1-4-17-11-5-6-12-21(19,20)18(3)13(2)14-7-9-15(16)10-8-14/h7-10,13,17H,4-6,11-12H2,1-3H3. The summed E-state index contributed by atoms with van der Waals surface area (Å²) in [6.07, 6.45) is 1.54. The lowest BCUT2D eigenvalue weighted by molar-refractivity contribution is 0.397. The molecule has 4 nitrogen and oxygen atoms in total. The number of hydrogen-bond donors (Lipinski definition) is 1. The summed E-state index contributed by atoms with van der Waals surface area (Å²) in [6.45, 7) is 5.71. The number of hydrogen-bond acceptors (Lipinski definition) is 3. The highest BCUT2D eigenvalue weighted by molar-refractivity contribution is 7.89. The van der Waals surface area contributed by atoms with Gasteiger partial charge in [-0.15, -0.1) is 0 Å². The monoisotopic (exact) mass is 332 g/mol. The Labute approximate surface area is 133 Å². The molecule has 21 heavy (non-hydrogen) atoms. The third-order valence-electron chi connectivity index (χ3n) is 3.59. The van der Waals surface area contributed by atoms with E-state index in [2.05, 4.69) is 5.32 Å². The van der Waals surface area contributed by atoms with Crippen molar-refractivity contribution in [3.63, 3.8) is 0 Å². The minimum atomic E-state index is -3.23. The van der Waals surface area contributed by atoms with E-state index in [1.807, 2.05) is 26.0 Å². The Kier molecular flexibility index (Phi) is 7.66. The highest BCUT2D eigenvalue weighted by atomic mass is 35.5. The van der Waals surface area contributed by atoms with Crippen LogP contribution in [0.1, 0.15) is 38.3 Å². The fourth-order valence-electron chi connectivity index (χ4n) is 2.05. The van der Waals surface area contributed by atoms with Gasteiger partial charge in [-0.1, -0.05) is 30.7 Å². The Morgan fingerprint density at radius 2 is 1.86 bits per heavy atom. The molecule has 0 saturated carbocycles. The Balaban J connectivity index is 2.58. The van der Waals surface area contributed by atoms with Crippen LogP contribution in [0.4, 0.5) is 0 Å². The van der Waals surface area contributed by atoms with Crippen LogP contribution in [0, 0.1) is 0 Å². The van der Waals surface area contributed by atoms with E-state index in [9.17, 15) is 8.42 Å². The lowest BCUT2D eigenvalue weighted by Gasteiger charge is -2.24. The minimum absolute atomic E-state index is 0.187. The number of rotatable bonds is 9. The molecule has 0 amide bonds. The van der Waals surface area contributed by atoms with Crippen LogP contribution in [0.15, 0.2) is 24.3 Å². The molecule has 0 aliphatic carbocycles. The first-order valence-corrected chi connectivity index (χ1v) is 9.29. The Morgan fingerprint density at radius 1 is 1.24 bits per heavy atom. The first-order valence-electron chi connectivity index (χ1n) is 7.30. The van der Waals surface area contributed by atoms with E-state index >= 15 is 0 Å². The van der Waals surface area contributed by atoms with E-state index in [0.29, 0.717) is 11.4 Å². The van der Waals surface area contributed by atoms with Gasteiger partial charge in [-0.3, -0.25) is 0 Å². The van der Waals surface area contributed by atoms with Crippen LogP contribution in [0.3, 0.4) is 0 Å². The van der Waals surface area contributed by atoms with Gasteiger partial charge in [-0.25, -0.2) is 8.42 Å². The van der Waals surface area contributed by atoms with E-state index in [-0.39, 0.29) is 11.8 Å². The fourth-order valence-corrected chi connectivity index (χ4v) is 3.63. The van der Waals surface area contributed by atoms with Crippen molar-refractivity contribution < 1.29 is 8.42 Å². The highest BCUT2D eigenvalue weighted by Crippen LogP contribution is 2.23. The molecular weight excluding hydrogens is 308 g/mol. The predicted octanol–water partition coefficient (Wildman–Crippen LogP) is 3.05. The van der Waals surface area contributed by atoms with E-state index < -0.39 is 10.0 Å². The zero-order valence-corrected chi connectivity index (χ0v) is 14.5. The third kappa shape index (κ3) is 5.94. The number of nitrogens with zero attached hydrogens (tertiary/aromatic N) is 1. The van der Waals surface area contributed by atoms with E-state index in [4.69, 9.17) is 11.6 Å². The third-order valence-corrected chi connectivity index (χ3v) is 5.84. The van der Waals surface area contributed by atoms with Gasteiger partial charge in [0, 0.05) is 18.1 Å². The van der Waals surface area contributed by atoms with Crippen molar-refractivity contribution in [1.29, 1.82) is 0 Å². The Hall–Kier alpha value is -0.620. The van der Waals surface area contributed by atoms with Gasteiger partial charge in [-0.2, -0.15) is 4.31 Å². The molecule has 1 aromatic rings. The molecular formula is C15H25ClN2O2S. The van der Waals surface area contributed by atoms with Crippen molar-refractivity contribution in [2.45, 2.75) is 32.7 Å². The summed E-state index contributed by atoms with van der Waals surface area (Å²) in [5.74, 6) is 0.187. The molecule has 0 aliphatic heterocycles. The quantitative estimate of drug-likeness (QED) is 0.707. The van der Waals surface area contributed by atoms with Crippen molar-refractivity contribution in [2.75, 3.05) is 25.9 Å². The maximum atomic E-state index is 12.3. The van der Waals surface area contributed by atoms with Crippen molar-refractivity contribution in [1.82, 2.24) is 9.62 Å². The number of unbranched alkanes of at least 4 members (excludes halogenated alkanes) is 1. The highest BCUT2D eigenvalue weighted by Gasteiger charge is 2.23. The van der Waals surface area contributed by atoms with Crippen molar-refractivity contribution in [3.05, 3.63) is 34.9 Å². The van der Waals surface area contributed by atoms with Crippen LogP contribution in [0.2, 0.25) is 5.02 Å². The van der Waals surface area contributed by atoms with Gasteiger partial charge < -0.3 is 5.32 Å². The SMILES string of the molecule is CCNCCCCS(=O)(=O)N(C)C(C)c1ccc(Cl)cc1. The van der Waals surface area contributed by atoms with Crippen molar-refractivity contribution in [3.8, 4) is 0 Å². The molecule has 0 aromatic heterocycles. The summed E-state index contributed by atoms with van der Waals surface area (Å²) in [5.41, 5.74) is 0.943. The van der Waals surface area contributed by atoms with E-state index in [1.165, 1.54) is 4.31 Å². The summed E-state index contributed by atoms with van der Waals surface area (Å²) in [7, 11) is -1.59. The second-order valence-corrected chi connectivity index (χ2v) is 7.70. The molecule has 120 valence electrons. The largest absolute Gasteiger partial charge is 0.317 e. The van der Waals surface area contributed by atoms with Crippen LogP contribution in [-0.4, -0.2) is 38.6 Å². The van der Waals surface area contributed by atoms with Crippen LogP contribution in [-0.2, 0) is 10.0 Å². The van der Waals surface area contributed by atoms with Gasteiger partial charge in [0.15, 0.2) is 0 Å². The Bertz CT molecular complexity index is 517. The van der Waals surface area contributed by atoms with Gasteiger partial charge >= 0.3 is 0 Å². The molecule has 1 unspecified atom stereocenters. The second kappa shape index (κ2) is 8.73. The van der Waals surface area contributed by atoms with Crippen molar-refractivity contribution in [2.24, 2.45) is 0 Å². The number of halogens is 1. The maximum absolute atomic E-state index is 12.3. The summed E-state index contributed by atoms with van der Waals surface area (Å²) >= 11 is 5.86. The summed E-state index contributed by atoms with van der Waals surface area (Å²) in [4.78, 5) is 0. The summed E-state index contributed by atoms with van der Waals surface area (Å²) in [5, 5.41) is 3.85. The minimum Gasteiger partial charge on any atom is -0.317 e. The smallest absolute Gasteiger partial charge is 0.214 e. The lowest BCUT2D eigenvalue weighted by Crippen LogP contribution is -2.32. The second-order valence-electron chi connectivity index (χ2n) is 5.12. The molecule has 6 heteroatoms. The zero-order chi connectivity index (χ0) is 15.9. The molecule has 1 atom stereocenters. The number of nitrogens with one attached hydrogen (secondary N) is 1. The van der Waals surface area contributed by atoms with Gasteiger partial charge in [0.1, 0.15) is 0 Å². The van der Waals surface area contributed by atoms with Crippen molar-refractivity contribution >= 4 is 21.6 Å². The summed E-state index contributed by atoms with van der Waals surface area (Å²) < 4.78 is 26.1. The van der Waals surface area contributed by atoms with E-state index in [0.717, 1.165) is 25.1 Å². The molecule has 1 rings (SSSR count). The molecule has 0 radical (unpaired) electrons. The molecule has 0 aliphatic rings. The normalized spacial score (nSPS) is 13.6. The topological polar surface area (TPSA) is 49.4 Å². The first-order chi connectivity index (χ1) is 9.88. The number of sulfonamides is 1. The first kappa shape index (κ1) is 18.4. The molecule has 0 spiro atoms. The van der Waals surface area contributed by atoms with Crippen LogP contribution >= 0.6 is 11.6 Å². The van der Waals surface area contributed by atoms with E-state index in [1.54, 1.807) is 19.2 Å². The molecule has 0 fully saturated rings. The van der Waals surface area contributed by atoms with Crippen LogP contribution in [0.5, 0.6) is 0 Å². The van der Waals surface area contributed by atoms with Crippen LogP contribution in [0.25, 0.3) is 0 Å². The van der Waals surface area contributed by atoms with Gasteiger partial charge in [0.2, 0.25) is 10.0 Å². The summed E-state index contributed by atoms with van der Waals surface area (Å²) in [6, 6.07) is 7.10. The molecule has 1 N–H and O–H groups in total. The Morgan fingerprint density at radius 3 is 2.43 bits per heavy atom. The predicted molar refractivity (Wildman–Crippen MR) is 89.2 cm³/mol. The fraction of sp³-hybridized carbons (Fsp3) is 0.600. The average molecular weight is 333 g/mol. The van der Waals surface area contributed by atoms with Gasteiger partial charge in [0.05, 0.1) is 5.75 Å². The number of benzene rings is 1. The lowest BCUT2D eigenvalue weighted by atomic mass is 10.1. The maximum Gasteiger partial charge on any atom is 0.214 e. The van der Waals surface area contributed by atoms with Gasteiger partial charge in [-0.05, 0) is 50.6 Å². The van der Waals surface area contributed by atoms with Gasteiger partial charge in [0.25, 0.3) is 0 Å².